The van der Waals surface area contributed by atoms with Crippen LogP contribution in [0.5, 0.6) is 0 Å². The molecule has 0 saturated carbocycles. The zero-order valence-corrected chi connectivity index (χ0v) is 14.9. The SMILES string of the molecule is COCC(=O)NCc1cc(=O)n2c(n1)CN(Cc1nccs1)CCC2. The van der Waals surface area contributed by atoms with Gasteiger partial charge in [-0.2, -0.15) is 0 Å². The van der Waals surface area contributed by atoms with Crippen LogP contribution in [0.4, 0.5) is 0 Å². The van der Waals surface area contributed by atoms with Gasteiger partial charge in [0.05, 0.1) is 25.3 Å². The van der Waals surface area contributed by atoms with Gasteiger partial charge in [0.25, 0.3) is 5.56 Å². The number of fused-ring (bicyclic) bond motifs is 1. The number of hydrogen-bond donors (Lipinski definition) is 1. The van der Waals surface area contributed by atoms with Crippen LogP contribution in [-0.4, -0.2) is 45.6 Å². The monoisotopic (exact) mass is 363 g/mol. The summed E-state index contributed by atoms with van der Waals surface area (Å²) in [5.74, 6) is 0.502. The Morgan fingerprint density at radius 3 is 3.08 bits per heavy atom. The van der Waals surface area contributed by atoms with Crippen molar-refractivity contribution < 1.29 is 9.53 Å². The van der Waals surface area contributed by atoms with Crippen LogP contribution in [-0.2, 0) is 35.7 Å². The van der Waals surface area contributed by atoms with Crippen molar-refractivity contribution in [1.29, 1.82) is 0 Å². The Morgan fingerprint density at radius 2 is 2.32 bits per heavy atom. The number of carbonyl (C=O) groups is 1. The molecule has 0 aliphatic carbocycles. The molecule has 0 spiro atoms. The first-order chi connectivity index (χ1) is 12.2. The normalized spacial score (nSPS) is 14.8. The summed E-state index contributed by atoms with van der Waals surface area (Å²) in [6.45, 7) is 3.11. The van der Waals surface area contributed by atoms with Crippen molar-refractivity contribution in [3.63, 3.8) is 0 Å². The van der Waals surface area contributed by atoms with Gasteiger partial charge in [0.1, 0.15) is 17.4 Å². The lowest BCUT2D eigenvalue weighted by Crippen LogP contribution is -2.31. The fraction of sp³-hybridized carbons (Fsp3) is 0.500. The lowest BCUT2D eigenvalue weighted by atomic mass is 10.3. The highest BCUT2D eigenvalue weighted by Gasteiger charge is 2.18. The minimum Gasteiger partial charge on any atom is -0.375 e. The van der Waals surface area contributed by atoms with Crippen molar-refractivity contribution in [2.45, 2.75) is 32.6 Å². The van der Waals surface area contributed by atoms with Crippen molar-refractivity contribution in [1.82, 2.24) is 24.8 Å². The molecule has 8 nitrogen and oxygen atoms in total. The van der Waals surface area contributed by atoms with E-state index >= 15 is 0 Å². The van der Waals surface area contributed by atoms with Gasteiger partial charge in [-0.1, -0.05) is 0 Å². The van der Waals surface area contributed by atoms with E-state index in [0.717, 1.165) is 30.3 Å². The summed E-state index contributed by atoms with van der Waals surface area (Å²) in [6.07, 6.45) is 2.69. The third-order valence-electron chi connectivity index (χ3n) is 3.95. The zero-order chi connectivity index (χ0) is 17.6. The fourth-order valence-corrected chi connectivity index (χ4v) is 3.47. The topological polar surface area (TPSA) is 89.3 Å². The molecule has 0 unspecified atom stereocenters. The van der Waals surface area contributed by atoms with Gasteiger partial charge in [-0.3, -0.25) is 19.1 Å². The van der Waals surface area contributed by atoms with Crippen LogP contribution in [0, 0.1) is 0 Å². The number of nitrogens with zero attached hydrogens (tertiary/aromatic N) is 4. The molecule has 25 heavy (non-hydrogen) atoms. The second-order valence-electron chi connectivity index (χ2n) is 5.85. The maximum Gasteiger partial charge on any atom is 0.253 e. The molecular weight excluding hydrogens is 342 g/mol. The van der Waals surface area contributed by atoms with Gasteiger partial charge >= 0.3 is 0 Å². The van der Waals surface area contributed by atoms with E-state index < -0.39 is 0 Å². The highest BCUT2D eigenvalue weighted by atomic mass is 32.1. The molecular formula is C16H21N5O3S. The van der Waals surface area contributed by atoms with E-state index in [4.69, 9.17) is 4.74 Å². The molecule has 0 atom stereocenters. The van der Waals surface area contributed by atoms with Crippen LogP contribution in [0.15, 0.2) is 22.4 Å². The Morgan fingerprint density at radius 1 is 1.44 bits per heavy atom. The van der Waals surface area contributed by atoms with E-state index in [1.807, 2.05) is 5.38 Å². The Balaban J connectivity index is 1.74. The van der Waals surface area contributed by atoms with E-state index in [-0.39, 0.29) is 24.6 Å². The number of amides is 1. The Kier molecular flexibility index (Phi) is 5.90. The molecule has 0 fully saturated rings. The molecule has 1 amide bonds. The third-order valence-corrected chi connectivity index (χ3v) is 4.71. The Labute approximate surface area is 149 Å². The summed E-state index contributed by atoms with van der Waals surface area (Å²) in [5, 5.41) is 5.72. The van der Waals surface area contributed by atoms with Crippen LogP contribution >= 0.6 is 11.3 Å². The van der Waals surface area contributed by atoms with Gasteiger partial charge in [0.2, 0.25) is 5.91 Å². The number of rotatable bonds is 6. The van der Waals surface area contributed by atoms with Crippen LogP contribution in [0.25, 0.3) is 0 Å². The summed E-state index contributed by atoms with van der Waals surface area (Å²) in [5.41, 5.74) is 0.494. The molecule has 3 rings (SSSR count). The highest BCUT2D eigenvalue weighted by molar-refractivity contribution is 7.09. The smallest absolute Gasteiger partial charge is 0.253 e. The van der Waals surface area contributed by atoms with Crippen molar-refractivity contribution in [2.75, 3.05) is 20.3 Å². The molecule has 1 N–H and O–H groups in total. The van der Waals surface area contributed by atoms with Gasteiger partial charge in [-0.25, -0.2) is 9.97 Å². The first-order valence-corrected chi connectivity index (χ1v) is 8.99. The zero-order valence-electron chi connectivity index (χ0n) is 14.1. The first-order valence-electron chi connectivity index (χ1n) is 8.11. The Hall–Kier alpha value is -2.10. The summed E-state index contributed by atoms with van der Waals surface area (Å²) in [6, 6.07) is 1.49. The summed E-state index contributed by atoms with van der Waals surface area (Å²) in [7, 11) is 1.46. The van der Waals surface area contributed by atoms with Crippen LogP contribution < -0.4 is 10.9 Å². The lowest BCUT2D eigenvalue weighted by Gasteiger charge is -2.18. The average molecular weight is 363 g/mol. The third kappa shape index (κ3) is 4.71. The molecule has 0 radical (unpaired) electrons. The van der Waals surface area contributed by atoms with E-state index in [2.05, 4.69) is 20.2 Å². The standard InChI is InChI=1S/C16H21N5O3S/c1-24-11-14(22)18-8-12-7-16(23)21-5-2-4-20(9-13(21)19-12)10-15-17-3-6-25-15/h3,6-7H,2,4-5,8-11H2,1H3,(H,18,22). The number of ether oxygens (including phenoxy) is 1. The predicted octanol–water partition coefficient (Wildman–Crippen LogP) is 0.368. The number of hydrogen-bond acceptors (Lipinski definition) is 7. The van der Waals surface area contributed by atoms with Gasteiger partial charge in [0.15, 0.2) is 0 Å². The van der Waals surface area contributed by atoms with E-state index in [9.17, 15) is 9.59 Å². The minimum absolute atomic E-state index is 0.00842. The molecule has 0 saturated heterocycles. The van der Waals surface area contributed by atoms with Crippen LogP contribution in [0.1, 0.15) is 22.9 Å². The van der Waals surface area contributed by atoms with E-state index in [0.29, 0.717) is 18.8 Å². The molecule has 1 aliphatic heterocycles. The fourth-order valence-electron chi connectivity index (χ4n) is 2.82. The summed E-state index contributed by atoms with van der Waals surface area (Å²) >= 11 is 1.63. The molecule has 2 aromatic heterocycles. The second kappa shape index (κ2) is 8.32. The van der Waals surface area contributed by atoms with Crippen molar-refractivity contribution in [3.05, 3.63) is 44.5 Å². The largest absolute Gasteiger partial charge is 0.375 e. The molecule has 1 aliphatic rings. The van der Waals surface area contributed by atoms with E-state index in [1.165, 1.54) is 13.2 Å². The van der Waals surface area contributed by atoms with Crippen LogP contribution in [0.2, 0.25) is 0 Å². The number of aromatic nitrogens is 3. The van der Waals surface area contributed by atoms with Gasteiger partial charge < -0.3 is 10.1 Å². The quantitative estimate of drug-likeness (QED) is 0.798. The lowest BCUT2D eigenvalue weighted by molar-refractivity contribution is -0.124. The van der Waals surface area contributed by atoms with Gasteiger partial charge in [-0.15, -0.1) is 11.3 Å². The first kappa shape index (κ1) is 17.7. The summed E-state index contributed by atoms with van der Waals surface area (Å²) < 4.78 is 6.50. The number of nitrogens with one attached hydrogen (secondary N) is 1. The van der Waals surface area contributed by atoms with E-state index in [1.54, 1.807) is 22.1 Å². The van der Waals surface area contributed by atoms with Gasteiger partial charge in [0, 0.05) is 37.8 Å². The number of methoxy groups -OCH3 is 1. The van der Waals surface area contributed by atoms with Crippen molar-refractivity contribution >= 4 is 17.2 Å². The van der Waals surface area contributed by atoms with Crippen molar-refractivity contribution in [3.8, 4) is 0 Å². The highest BCUT2D eigenvalue weighted by Crippen LogP contribution is 2.14. The molecule has 3 heterocycles. The number of thiazole rings is 1. The van der Waals surface area contributed by atoms with Crippen molar-refractivity contribution in [2.24, 2.45) is 0 Å². The number of carbonyl (C=O) groups excluding carboxylic acids is 1. The van der Waals surface area contributed by atoms with Gasteiger partial charge in [-0.05, 0) is 6.42 Å². The second-order valence-corrected chi connectivity index (χ2v) is 6.83. The van der Waals surface area contributed by atoms with Crippen LogP contribution in [0.3, 0.4) is 0 Å². The molecule has 0 bridgehead atoms. The molecule has 9 heteroatoms. The molecule has 0 aromatic carbocycles. The average Bonchev–Trinajstić information content (AvgIpc) is 2.99. The molecule has 134 valence electrons. The maximum atomic E-state index is 12.4. The maximum absolute atomic E-state index is 12.4. The predicted molar refractivity (Wildman–Crippen MR) is 93.1 cm³/mol. The Bertz CT molecular complexity index is 775. The summed E-state index contributed by atoms with van der Waals surface area (Å²) in [4.78, 5) is 35.1. The molecule has 2 aromatic rings. The minimum atomic E-state index is -0.232.